The van der Waals surface area contributed by atoms with E-state index in [1.165, 1.54) is 5.56 Å². The number of benzene rings is 2. The Hall–Kier alpha value is -2.90. The van der Waals surface area contributed by atoms with Gasteiger partial charge < -0.3 is 4.57 Å². The van der Waals surface area contributed by atoms with Crippen molar-refractivity contribution < 1.29 is 0 Å². The normalized spacial score (nSPS) is 10.8. The summed E-state index contributed by atoms with van der Waals surface area (Å²) >= 11 is 1.70. The lowest BCUT2D eigenvalue weighted by atomic mass is 10.1. The van der Waals surface area contributed by atoms with Gasteiger partial charge in [0.1, 0.15) is 0 Å². The van der Waals surface area contributed by atoms with E-state index in [1.54, 1.807) is 11.3 Å². The van der Waals surface area contributed by atoms with Gasteiger partial charge in [0, 0.05) is 6.54 Å². The number of nitriles is 1. The molecule has 0 aliphatic rings. The molecule has 0 aliphatic heterocycles. The fourth-order valence-corrected chi connectivity index (χ4v) is 3.58. The number of rotatable bonds is 3. The Morgan fingerprint density at radius 3 is 2.67 bits per heavy atom. The number of aryl methyl sites for hydroxylation is 1. The number of hydrogen-bond donors (Lipinski definition) is 0. The molecule has 0 unspecified atom stereocenters. The Labute approximate surface area is 144 Å². The minimum atomic E-state index is 0.684. The van der Waals surface area contributed by atoms with Crippen molar-refractivity contribution in [3.8, 4) is 16.8 Å². The molecule has 0 aliphatic carbocycles. The lowest BCUT2D eigenvalue weighted by Gasteiger charge is -2.09. The first-order valence-corrected chi connectivity index (χ1v) is 8.62. The molecular weight excluding hydrogens is 314 g/mol. The van der Waals surface area contributed by atoms with E-state index in [0.29, 0.717) is 5.56 Å². The molecule has 2 heterocycles. The van der Waals surface area contributed by atoms with Crippen molar-refractivity contribution in [3.63, 3.8) is 0 Å². The molecule has 3 nitrogen and oxygen atoms in total. The van der Waals surface area contributed by atoms with Gasteiger partial charge in [-0.05, 0) is 53.8 Å². The van der Waals surface area contributed by atoms with Gasteiger partial charge in [-0.1, -0.05) is 24.3 Å². The fraction of sp³-hybridized carbons (Fsp3) is 0.100. The first-order chi connectivity index (χ1) is 11.7. The average molecular weight is 329 g/mol. The smallest absolute Gasteiger partial charge is 0.151 e. The van der Waals surface area contributed by atoms with Gasteiger partial charge in [-0.25, -0.2) is 4.98 Å². The second kappa shape index (κ2) is 5.95. The highest BCUT2D eigenvalue weighted by atomic mass is 32.1. The van der Waals surface area contributed by atoms with E-state index in [1.807, 2.05) is 24.3 Å². The van der Waals surface area contributed by atoms with Crippen LogP contribution in [0.3, 0.4) is 0 Å². The van der Waals surface area contributed by atoms with Crippen molar-refractivity contribution in [1.82, 2.24) is 9.55 Å². The molecule has 0 fully saturated rings. The highest BCUT2D eigenvalue weighted by molar-refractivity contribution is 7.13. The van der Waals surface area contributed by atoms with E-state index in [2.05, 4.69) is 53.3 Å². The highest BCUT2D eigenvalue weighted by Crippen LogP contribution is 2.29. The molecule has 0 saturated carbocycles. The van der Waals surface area contributed by atoms with Gasteiger partial charge in [0.25, 0.3) is 0 Å². The average Bonchev–Trinajstić information content (AvgIpc) is 3.23. The molecule has 0 saturated heterocycles. The molecule has 0 radical (unpaired) electrons. The summed E-state index contributed by atoms with van der Waals surface area (Å²) in [7, 11) is 0. The quantitative estimate of drug-likeness (QED) is 0.531. The van der Waals surface area contributed by atoms with Gasteiger partial charge in [-0.2, -0.15) is 5.26 Å². The zero-order chi connectivity index (χ0) is 16.5. The fourth-order valence-electron chi connectivity index (χ4n) is 2.86. The Balaban J connectivity index is 1.85. The van der Waals surface area contributed by atoms with Gasteiger partial charge in [0.2, 0.25) is 0 Å². The van der Waals surface area contributed by atoms with Crippen LogP contribution in [0.2, 0.25) is 0 Å². The monoisotopic (exact) mass is 329 g/mol. The maximum Gasteiger partial charge on any atom is 0.151 e. The molecule has 4 rings (SSSR count). The van der Waals surface area contributed by atoms with Crippen molar-refractivity contribution in [2.24, 2.45) is 0 Å². The van der Waals surface area contributed by atoms with Gasteiger partial charge in [-0.15, -0.1) is 11.3 Å². The molecule has 2 aromatic carbocycles. The summed E-state index contributed by atoms with van der Waals surface area (Å²) in [6.45, 7) is 2.82. The molecule has 0 atom stereocenters. The minimum absolute atomic E-state index is 0.684. The van der Waals surface area contributed by atoms with E-state index in [4.69, 9.17) is 10.2 Å². The summed E-state index contributed by atoms with van der Waals surface area (Å²) < 4.78 is 2.25. The number of fused-ring (bicyclic) bond motifs is 1. The summed E-state index contributed by atoms with van der Waals surface area (Å²) in [4.78, 5) is 6.03. The summed E-state index contributed by atoms with van der Waals surface area (Å²) in [5, 5.41) is 11.0. The van der Waals surface area contributed by atoms with Crippen LogP contribution in [0.25, 0.3) is 21.7 Å². The Kier molecular flexibility index (Phi) is 3.64. The van der Waals surface area contributed by atoms with Crippen LogP contribution in [0.15, 0.2) is 60.0 Å². The van der Waals surface area contributed by atoms with Crippen molar-refractivity contribution in [3.05, 3.63) is 76.7 Å². The van der Waals surface area contributed by atoms with Crippen LogP contribution < -0.4 is 0 Å². The predicted molar refractivity (Wildman–Crippen MR) is 98.0 cm³/mol. The molecule has 116 valence electrons. The summed E-state index contributed by atoms with van der Waals surface area (Å²) in [5.41, 5.74) is 5.21. The van der Waals surface area contributed by atoms with Crippen molar-refractivity contribution >= 4 is 22.4 Å². The lowest BCUT2D eigenvalue weighted by Crippen LogP contribution is -2.01. The summed E-state index contributed by atoms with van der Waals surface area (Å²) in [5.74, 6) is 0.995. The maximum absolute atomic E-state index is 8.96. The molecule has 2 aromatic heterocycles. The third-order valence-corrected chi connectivity index (χ3v) is 4.93. The molecule has 4 aromatic rings. The van der Waals surface area contributed by atoms with Gasteiger partial charge in [-0.3, -0.25) is 0 Å². The molecule has 0 bridgehead atoms. The van der Waals surface area contributed by atoms with E-state index in [9.17, 15) is 0 Å². The number of nitrogens with zero attached hydrogens (tertiary/aromatic N) is 3. The second-order valence-electron chi connectivity index (χ2n) is 5.80. The van der Waals surface area contributed by atoms with Crippen LogP contribution in [0, 0.1) is 18.3 Å². The third kappa shape index (κ3) is 2.60. The Morgan fingerprint density at radius 1 is 1.12 bits per heavy atom. The first-order valence-electron chi connectivity index (χ1n) is 7.74. The lowest BCUT2D eigenvalue weighted by molar-refractivity contribution is 0.836. The zero-order valence-corrected chi connectivity index (χ0v) is 14.0. The van der Waals surface area contributed by atoms with Crippen molar-refractivity contribution in [2.45, 2.75) is 13.5 Å². The SMILES string of the molecule is Cc1ccc2c(c1)nc(-c1cccs1)n2Cc1ccc(C#N)cc1. The van der Waals surface area contributed by atoms with Crippen LogP contribution >= 0.6 is 11.3 Å². The topological polar surface area (TPSA) is 41.6 Å². The second-order valence-corrected chi connectivity index (χ2v) is 6.75. The Morgan fingerprint density at radius 2 is 1.96 bits per heavy atom. The van der Waals surface area contributed by atoms with Crippen molar-refractivity contribution in [1.29, 1.82) is 5.26 Å². The van der Waals surface area contributed by atoms with Gasteiger partial charge in [0.15, 0.2) is 5.82 Å². The standard InChI is InChI=1S/C20H15N3S/c1-14-4-9-18-17(11-14)22-20(19-3-2-10-24-19)23(18)13-16-7-5-15(12-21)6-8-16/h2-11H,13H2,1H3. The number of aromatic nitrogens is 2. The van der Waals surface area contributed by atoms with Crippen LogP contribution in [-0.2, 0) is 6.54 Å². The zero-order valence-electron chi connectivity index (χ0n) is 13.2. The van der Waals surface area contributed by atoms with Crippen molar-refractivity contribution in [2.75, 3.05) is 0 Å². The van der Waals surface area contributed by atoms with Crippen LogP contribution in [0.5, 0.6) is 0 Å². The molecule has 4 heteroatoms. The molecule has 0 spiro atoms. The number of imidazole rings is 1. The summed E-state index contributed by atoms with van der Waals surface area (Å²) in [6, 6.07) is 20.5. The van der Waals surface area contributed by atoms with Gasteiger partial charge >= 0.3 is 0 Å². The van der Waals surface area contributed by atoms with Gasteiger partial charge in [0.05, 0.1) is 27.5 Å². The molecule has 0 N–H and O–H groups in total. The Bertz CT molecular complexity index is 1040. The molecule has 0 amide bonds. The summed E-state index contributed by atoms with van der Waals surface area (Å²) in [6.07, 6.45) is 0. The predicted octanol–water partition coefficient (Wildman–Crippen LogP) is 4.99. The van der Waals surface area contributed by atoms with Crippen LogP contribution in [-0.4, -0.2) is 9.55 Å². The van der Waals surface area contributed by atoms with E-state index >= 15 is 0 Å². The van der Waals surface area contributed by atoms with Crippen LogP contribution in [0.4, 0.5) is 0 Å². The van der Waals surface area contributed by atoms with E-state index in [0.717, 1.165) is 33.8 Å². The first kappa shape index (κ1) is 14.7. The number of thiophene rings is 1. The van der Waals surface area contributed by atoms with E-state index in [-0.39, 0.29) is 0 Å². The minimum Gasteiger partial charge on any atom is -0.319 e. The molecular formula is C20H15N3S. The van der Waals surface area contributed by atoms with E-state index < -0.39 is 0 Å². The maximum atomic E-state index is 8.96. The molecule has 24 heavy (non-hydrogen) atoms. The van der Waals surface area contributed by atoms with Crippen LogP contribution in [0.1, 0.15) is 16.7 Å². The third-order valence-electron chi connectivity index (χ3n) is 4.07. The highest BCUT2D eigenvalue weighted by Gasteiger charge is 2.14. The largest absolute Gasteiger partial charge is 0.319 e. The number of hydrogen-bond acceptors (Lipinski definition) is 3.